The van der Waals surface area contributed by atoms with Crippen LogP contribution in [0.4, 0.5) is 5.69 Å². The van der Waals surface area contributed by atoms with E-state index in [-0.39, 0.29) is 11.9 Å². The zero-order chi connectivity index (χ0) is 29.9. The Morgan fingerprint density at radius 3 is 2.21 bits per heavy atom. The van der Waals surface area contributed by atoms with E-state index in [0.717, 1.165) is 98.6 Å². The molecule has 0 spiro atoms. The Morgan fingerprint density at radius 1 is 0.884 bits per heavy atom. The molecule has 2 saturated heterocycles. The Morgan fingerprint density at radius 2 is 1.56 bits per heavy atom. The van der Waals surface area contributed by atoms with Crippen molar-refractivity contribution in [1.82, 2.24) is 24.7 Å². The van der Waals surface area contributed by atoms with Crippen molar-refractivity contribution in [3.63, 3.8) is 0 Å². The molecule has 0 bridgehead atoms. The number of aromatic nitrogens is 2. The average molecular weight is 599 g/mol. The fraction of sp³-hybridized carbons (Fsp3) is 0.429. The van der Waals surface area contributed by atoms with Crippen molar-refractivity contribution in [1.29, 1.82) is 0 Å². The molecule has 4 aromatic rings. The van der Waals surface area contributed by atoms with Crippen LogP contribution in [0.25, 0.3) is 33.4 Å². The molecule has 1 N–H and O–H groups in total. The highest BCUT2D eigenvalue weighted by Crippen LogP contribution is 2.43. The molecule has 2 aromatic carbocycles. The van der Waals surface area contributed by atoms with Gasteiger partial charge in [-0.05, 0) is 73.8 Å². The Labute approximate surface area is 260 Å². The minimum absolute atomic E-state index is 0.00584. The fourth-order valence-corrected chi connectivity index (χ4v) is 6.99. The van der Waals surface area contributed by atoms with E-state index < -0.39 is 0 Å². The van der Waals surface area contributed by atoms with E-state index in [9.17, 15) is 4.79 Å². The molecule has 1 amide bonds. The number of anilines is 1. The van der Waals surface area contributed by atoms with Crippen LogP contribution in [0.1, 0.15) is 43.5 Å². The number of hydrogen-bond acceptors (Lipinski definition) is 5. The molecule has 2 aliphatic rings. The first kappa shape index (κ1) is 29.7. The number of hydrogen-bond donors (Lipinski definition) is 1. The molecule has 43 heavy (non-hydrogen) atoms. The van der Waals surface area contributed by atoms with E-state index in [1.165, 1.54) is 12.1 Å². The number of piperidine rings is 1. The molecule has 2 aliphatic heterocycles. The van der Waals surface area contributed by atoms with Crippen molar-refractivity contribution in [2.45, 2.75) is 39.2 Å². The number of amides is 1. The van der Waals surface area contributed by atoms with E-state index in [2.05, 4.69) is 69.7 Å². The highest BCUT2D eigenvalue weighted by Gasteiger charge is 2.24. The summed E-state index contributed by atoms with van der Waals surface area (Å²) in [5.74, 6) is -0.00584. The Kier molecular flexibility index (Phi) is 9.03. The predicted molar refractivity (Wildman–Crippen MR) is 178 cm³/mol. The maximum absolute atomic E-state index is 13.2. The van der Waals surface area contributed by atoms with Crippen molar-refractivity contribution in [3.05, 3.63) is 71.4 Å². The normalized spacial score (nSPS) is 17.1. The molecule has 0 aliphatic carbocycles. The quantitative estimate of drug-likeness (QED) is 0.258. The lowest BCUT2D eigenvalue weighted by molar-refractivity contribution is 0.0911. The first-order chi connectivity index (χ1) is 21.0. The number of nitrogens with zero attached hydrogens (tertiary/aromatic N) is 5. The van der Waals surface area contributed by atoms with Crippen LogP contribution in [0.15, 0.2) is 60.8 Å². The van der Waals surface area contributed by atoms with Crippen molar-refractivity contribution in [2.24, 2.45) is 7.05 Å². The van der Waals surface area contributed by atoms with Gasteiger partial charge in [-0.15, -0.1) is 0 Å². The molecular weight excluding hydrogens is 556 g/mol. The number of likely N-dealkylation sites (tertiary alicyclic amines) is 1. The first-order valence-corrected chi connectivity index (χ1v) is 16.2. The molecular formula is C35H43ClN6O. The molecule has 2 fully saturated rings. The maximum Gasteiger partial charge on any atom is 0.251 e. The van der Waals surface area contributed by atoms with Gasteiger partial charge in [0.2, 0.25) is 0 Å². The van der Waals surface area contributed by atoms with Gasteiger partial charge in [0.05, 0.1) is 10.7 Å². The number of aryl methyl sites for hydroxylation is 1. The summed E-state index contributed by atoms with van der Waals surface area (Å²) in [6.07, 6.45) is 4.94. The zero-order valence-electron chi connectivity index (χ0n) is 25.7. The summed E-state index contributed by atoms with van der Waals surface area (Å²) >= 11 is 6.82. The van der Waals surface area contributed by atoms with Crippen LogP contribution in [0.5, 0.6) is 0 Å². The second kappa shape index (κ2) is 13.1. The number of nitrogens with one attached hydrogen (secondary N) is 1. The average Bonchev–Trinajstić information content (AvgIpc) is 3.35. The molecule has 2 aromatic heterocycles. The summed E-state index contributed by atoms with van der Waals surface area (Å²) in [7, 11) is 2.05. The van der Waals surface area contributed by atoms with Gasteiger partial charge in [0.15, 0.2) is 0 Å². The van der Waals surface area contributed by atoms with Crippen LogP contribution in [-0.4, -0.2) is 83.7 Å². The van der Waals surface area contributed by atoms with Gasteiger partial charge in [-0.3, -0.25) is 4.79 Å². The minimum atomic E-state index is -0.00584. The number of benzene rings is 2. The lowest BCUT2D eigenvalue weighted by Crippen LogP contribution is -2.46. The number of pyridine rings is 1. The SMILES string of the molecule is CCCN1CCC(NC(=O)c2ccc(-c3c(-c4ccc(N5CCN(CC)CC5)cc4)n(C)c4nccc(Cl)c34)cc2)CC1. The molecule has 0 atom stereocenters. The Balaban J connectivity index is 1.27. The second-order valence-corrected chi connectivity index (χ2v) is 12.3. The van der Waals surface area contributed by atoms with Gasteiger partial charge in [0, 0.05) is 80.8 Å². The van der Waals surface area contributed by atoms with E-state index in [0.29, 0.717) is 10.6 Å². The second-order valence-electron chi connectivity index (χ2n) is 11.9. The maximum atomic E-state index is 13.2. The molecule has 0 unspecified atom stereocenters. The summed E-state index contributed by atoms with van der Waals surface area (Å²) in [5.41, 5.74) is 7.00. The monoisotopic (exact) mass is 598 g/mol. The molecule has 6 rings (SSSR count). The molecule has 226 valence electrons. The van der Waals surface area contributed by atoms with Crippen molar-refractivity contribution >= 4 is 34.2 Å². The standard InChI is InChI=1S/C35H43ClN6O/c1-4-18-41-19-15-28(16-20-41)38-35(43)27-8-6-25(7-9-27)31-32-30(36)14-17-37-34(32)39(3)33(31)26-10-12-29(13-11-26)42-23-21-40(5-2)22-24-42/h6-14,17,28H,4-5,15-16,18-24H2,1-3H3,(H,38,43). The number of piperazine rings is 1. The molecule has 4 heterocycles. The van der Waals surface area contributed by atoms with E-state index in [4.69, 9.17) is 16.6 Å². The molecule has 0 radical (unpaired) electrons. The summed E-state index contributed by atoms with van der Waals surface area (Å²) in [5, 5.41) is 4.87. The topological polar surface area (TPSA) is 56.6 Å². The molecule has 7 nitrogen and oxygen atoms in total. The van der Waals surface area contributed by atoms with Gasteiger partial charge in [-0.1, -0.05) is 49.7 Å². The number of likely N-dealkylation sites (N-methyl/N-ethyl adjacent to an activating group) is 1. The molecule has 0 saturated carbocycles. The minimum Gasteiger partial charge on any atom is -0.369 e. The van der Waals surface area contributed by atoms with Gasteiger partial charge in [0.1, 0.15) is 5.65 Å². The van der Waals surface area contributed by atoms with Gasteiger partial charge in [0.25, 0.3) is 5.91 Å². The highest BCUT2D eigenvalue weighted by molar-refractivity contribution is 6.37. The highest BCUT2D eigenvalue weighted by atomic mass is 35.5. The fourth-order valence-electron chi connectivity index (χ4n) is 6.75. The first-order valence-electron chi connectivity index (χ1n) is 15.8. The van der Waals surface area contributed by atoms with Crippen LogP contribution in [0, 0.1) is 0 Å². The third kappa shape index (κ3) is 6.17. The summed E-state index contributed by atoms with van der Waals surface area (Å²) in [6.45, 7) is 13.1. The third-order valence-electron chi connectivity index (χ3n) is 9.24. The van der Waals surface area contributed by atoms with E-state index in [1.807, 2.05) is 30.3 Å². The van der Waals surface area contributed by atoms with Gasteiger partial charge < -0.3 is 24.6 Å². The number of rotatable bonds is 8. The third-order valence-corrected chi connectivity index (χ3v) is 9.56. The van der Waals surface area contributed by atoms with Crippen molar-refractivity contribution in [2.75, 3.05) is 57.3 Å². The summed E-state index contributed by atoms with van der Waals surface area (Å²) in [4.78, 5) is 25.3. The van der Waals surface area contributed by atoms with Crippen LogP contribution in [0.3, 0.4) is 0 Å². The smallest absolute Gasteiger partial charge is 0.251 e. The molecule has 8 heteroatoms. The lowest BCUT2D eigenvalue weighted by atomic mass is 9.97. The number of fused-ring (bicyclic) bond motifs is 1. The van der Waals surface area contributed by atoms with Gasteiger partial charge >= 0.3 is 0 Å². The van der Waals surface area contributed by atoms with E-state index >= 15 is 0 Å². The van der Waals surface area contributed by atoms with Crippen LogP contribution < -0.4 is 10.2 Å². The van der Waals surface area contributed by atoms with Crippen molar-refractivity contribution in [3.8, 4) is 22.4 Å². The lowest BCUT2D eigenvalue weighted by Gasteiger charge is -2.35. The van der Waals surface area contributed by atoms with Gasteiger partial charge in [-0.2, -0.15) is 0 Å². The number of halogens is 1. The predicted octanol–water partition coefficient (Wildman–Crippen LogP) is 6.31. The Hall–Kier alpha value is -3.39. The number of carbonyl (C=O) groups is 1. The Bertz CT molecular complexity index is 1550. The number of carbonyl (C=O) groups excluding carboxylic acids is 1. The zero-order valence-corrected chi connectivity index (χ0v) is 26.4. The van der Waals surface area contributed by atoms with Gasteiger partial charge in [-0.25, -0.2) is 4.98 Å². The summed E-state index contributed by atoms with van der Waals surface area (Å²) < 4.78 is 2.14. The van der Waals surface area contributed by atoms with E-state index in [1.54, 1.807) is 6.20 Å². The van der Waals surface area contributed by atoms with Crippen LogP contribution in [-0.2, 0) is 7.05 Å². The van der Waals surface area contributed by atoms with Crippen LogP contribution >= 0.6 is 11.6 Å². The largest absolute Gasteiger partial charge is 0.369 e. The van der Waals surface area contributed by atoms with Crippen molar-refractivity contribution < 1.29 is 4.79 Å². The summed E-state index contributed by atoms with van der Waals surface area (Å²) in [6, 6.07) is 18.9. The van der Waals surface area contributed by atoms with Crippen LogP contribution in [0.2, 0.25) is 5.02 Å².